The Labute approximate surface area is 124 Å². The first-order valence-corrected chi connectivity index (χ1v) is 7.64. The second kappa shape index (κ2) is 4.49. The van der Waals surface area contributed by atoms with Crippen molar-refractivity contribution in [3.8, 4) is 11.5 Å². The number of ether oxygens (including phenoxy) is 2. The Bertz CT molecular complexity index is 612. The minimum absolute atomic E-state index is 0.0205. The molecule has 4 atom stereocenters. The minimum atomic E-state index is -0.429. The number of hydrogen-bond donors (Lipinski definition) is 2. The van der Waals surface area contributed by atoms with Crippen LogP contribution in [0.4, 0.5) is 0 Å². The normalized spacial score (nSPS) is 36.4. The summed E-state index contributed by atoms with van der Waals surface area (Å²) in [6.07, 6.45) is 7.05. The molecule has 4 rings (SSSR count). The first-order valence-electron chi connectivity index (χ1n) is 7.64. The first kappa shape index (κ1) is 13.2. The molecule has 0 radical (unpaired) electrons. The fraction of sp³-hybridized carbons (Fsp3) is 0.529. The third-order valence-electron chi connectivity index (χ3n) is 5.21. The third-order valence-corrected chi connectivity index (χ3v) is 5.21. The van der Waals surface area contributed by atoms with Crippen molar-refractivity contribution >= 4 is 0 Å². The second-order valence-corrected chi connectivity index (χ2v) is 6.44. The van der Waals surface area contributed by atoms with Crippen LogP contribution in [0, 0.1) is 0 Å². The molecule has 4 nitrogen and oxygen atoms in total. The van der Waals surface area contributed by atoms with Crippen molar-refractivity contribution in [2.45, 2.75) is 49.3 Å². The number of hydrogen-bond acceptors (Lipinski definition) is 4. The Hall–Kier alpha value is -1.52. The van der Waals surface area contributed by atoms with Crippen molar-refractivity contribution in [1.82, 2.24) is 0 Å². The van der Waals surface area contributed by atoms with Gasteiger partial charge in [-0.05, 0) is 30.9 Å². The molecule has 4 heteroatoms. The maximum Gasteiger partial charge on any atom is 0.166 e. The van der Waals surface area contributed by atoms with E-state index in [2.05, 4.69) is 12.1 Å². The summed E-state index contributed by atoms with van der Waals surface area (Å²) in [6, 6.07) is 4.27. The highest BCUT2D eigenvalue weighted by atomic mass is 16.5. The van der Waals surface area contributed by atoms with Gasteiger partial charge in [-0.2, -0.15) is 0 Å². The lowest BCUT2D eigenvalue weighted by Crippen LogP contribution is -2.42. The number of benzene rings is 1. The maximum absolute atomic E-state index is 9.96. The number of nitrogens with two attached hydrogens (primary N) is 1. The van der Waals surface area contributed by atoms with Gasteiger partial charge in [-0.3, -0.25) is 0 Å². The van der Waals surface area contributed by atoms with Gasteiger partial charge in [-0.25, -0.2) is 0 Å². The van der Waals surface area contributed by atoms with E-state index in [1.165, 1.54) is 11.1 Å². The zero-order chi connectivity index (χ0) is 14.6. The van der Waals surface area contributed by atoms with Crippen LogP contribution in [0.3, 0.4) is 0 Å². The van der Waals surface area contributed by atoms with Crippen LogP contribution < -0.4 is 15.2 Å². The molecule has 0 saturated heterocycles. The van der Waals surface area contributed by atoms with Crippen molar-refractivity contribution in [3.05, 3.63) is 35.4 Å². The largest absolute Gasteiger partial charge is 0.493 e. The lowest BCUT2D eigenvalue weighted by atomic mass is 9.69. The number of rotatable bonds is 1. The summed E-state index contributed by atoms with van der Waals surface area (Å²) in [5, 5.41) is 9.96. The van der Waals surface area contributed by atoms with Gasteiger partial charge >= 0.3 is 0 Å². The maximum atomic E-state index is 9.96. The van der Waals surface area contributed by atoms with Gasteiger partial charge in [0.2, 0.25) is 0 Å². The van der Waals surface area contributed by atoms with E-state index in [4.69, 9.17) is 15.2 Å². The summed E-state index contributed by atoms with van der Waals surface area (Å²) in [6.45, 7) is 0. The zero-order valence-corrected chi connectivity index (χ0v) is 12.2. The van der Waals surface area contributed by atoms with Crippen LogP contribution in [0.2, 0.25) is 0 Å². The molecule has 0 aromatic heterocycles. The molecule has 1 aromatic rings. The molecule has 0 saturated carbocycles. The van der Waals surface area contributed by atoms with E-state index in [1.54, 1.807) is 7.11 Å². The molecule has 0 bridgehead atoms. The molecule has 0 amide bonds. The van der Waals surface area contributed by atoms with Crippen molar-refractivity contribution in [2.75, 3.05) is 7.11 Å². The smallest absolute Gasteiger partial charge is 0.166 e. The molecule has 2 unspecified atom stereocenters. The van der Waals surface area contributed by atoms with Gasteiger partial charge in [-0.15, -0.1) is 0 Å². The SMILES string of the molecule is COc1ccc2c3c1OC1C[C@@H](O)C=CC31CC[C@@H](N)C2. The van der Waals surface area contributed by atoms with E-state index in [1.807, 2.05) is 12.1 Å². The number of aliphatic hydroxyl groups excluding tert-OH is 1. The number of methoxy groups -OCH3 is 1. The van der Waals surface area contributed by atoms with E-state index < -0.39 is 6.10 Å². The van der Waals surface area contributed by atoms with Gasteiger partial charge < -0.3 is 20.3 Å². The van der Waals surface area contributed by atoms with E-state index in [9.17, 15) is 5.11 Å². The Morgan fingerprint density at radius 3 is 3.10 bits per heavy atom. The fourth-order valence-electron chi connectivity index (χ4n) is 4.18. The highest BCUT2D eigenvalue weighted by molar-refractivity contribution is 5.61. The van der Waals surface area contributed by atoms with Gasteiger partial charge in [0.1, 0.15) is 6.10 Å². The lowest BCUT2D eigenvalue weighted by molar-refractivity contribution is 0.0838. The zero-order valence-electron chi connectivity index (χ0n) is 12.2. The van der Waals surface area contributed by atoms with Gasteiger partial charge in [0.15, 0.2) is 11.5 Å². The molecule has 112 valence electrons. The first-order chi connectivity index (χ1) is 10.1. The van der Waals surface area contributed by atoms with Crippen LogP contribution in [-0.4, -0.2) is 30.5 Å². The topological polar surface area (TPSA) is 64.7 Å². The van der Waals surface area contributed by atoms with Crippen molar-refractivity contribution < 1.29 is 14.6 Å². The summed E-state index contributed by atoms with van der Waals surface area (Å²) in [5.41, 5.74) is 8.61. The molecule has 1 aromatic carbocycles. The summed E-state index contributed by atoms with van der Waals surface area (Å²) in [7, 11) is 1.67. The molecule has 1 aliphatic heterocycles. The number of aliphatic hydroxyl groups is 1. The summed E-state index contributed by atoms with van der Waals surface area (Å²) in [4.78, 5) is 0. The average molecular weight is 287 g/mol. The molecular weight excluding hydrogens is 266 g/mol. The van der Waals surface area contributed by atoms with E-state index in [0.29, 0.717) is 6.42 Å². The van der Waals surface area contributed by atoms with E-state index in [0.717, 1.165) is 30.8 Å². The Morgan fingerprint density at radius 2 is 2.29 bits per heavy atom. The molecule has 21 heavy (non-hydrogen) atoms. The molecule has 2 aliphatic carbocycles. The van der Waals surface area contributed by atoms with E-state index >= 15 is 0 Å². The minimum Gasteiger partial charge on any atom is -0.493 e. The lowest BCUT2D eigenvalue weighted by Gasteiger charge is -2.35. The second-order valence-electron chi connectivity index (χ2n) is 6.44. The van der Waals surface area contributed by atoms with Gasteiger partial charge in [0, 0.05) is 18.0 Å². The Balaban J connectivity index is 1.95. The van der Waals surface area contributed by atoms with Crippen LogP contribution >= 0.6 is 0 Å². The van der Waals surface area contributed by atoms with Gasteiger partial charge in [0.25, 0.3) is 0 Å². The van der Waals surface area contributed by atoms with Crippen LogP contribution in [0.25, 0.3) is 0 Å². The third kappa shape index (κ3) is 1.75. The predicted octanol–water partition coefficient (Wildman–Crippen LogP) is 1.68. The molecule has 3 N–H and O–H groups in total. The highest BCUT2D eigenvalue weighted by Crippen LogP contribution is 2.56. The Kier molecular flexibility index (Phi) is 2.81. The Morgan fingerprint density at radius 1 is 1.43 bits per heavy atom. The van der Waals surface area contributed by atoms with Crippen molar-refractivity contribution in [1.29, 1.82) is 0 Å². The van der Waals surface area contributed by atoms with Crippen LogP contribution in [0.15, 0.2) is 24.3 Å². The quantitative estimate of drug-likeness (QED) is 0.771. The van der Waals surface area contributed by atoms with Crippen LogP contribution in [-0.2, 0) is 11.8 Å². The van der Waals surface area contributed by atoms with E-state index in [-0.39, 0.29) is 17.6 Å². The molecule has 0 fully saturated rings. The monoisotopic (exact) mass is 287 g/mol. The summed E-state index contributed by atoms with van der Waals surface area (Å²) < 4.78 is 11.7. The summed E-state index contributed by atoms with van der Waals surface area (Å²) in [5.74, 6) is 1.63. The highest BCUT2D eigenvalue weighted by Gasteiger charge is 2.52. The van der Waals surface area contributed by atoms with Gasteiger partial charge in [0.05, 0.1) is 18.6 Å². The average Bonchev–Trinajstić information content (AvgIpc) is 2.72. The molecule has 1 heterocycles. The summed E-state index contributed by atoms with van der Waals surface area (Å²) >= 11 is 0. The molecule has 3 aliphatic rings. The van der Waals surface area contributed by atoms with Crippen molar-refractivity contribution in [3.63, 3.8) is 0 Å². The molecular formula is C17H21NO3. The predicted molar refractivity (Wildman–Crippen MR) is 79.8 cm³/mol. The van der Waals surface area contributed by atoms with Crippen LogP contribution in [0.5, 0.6) is 11.5 Å². The van der Waals surface area contributed by atoms with Gasteiger partial charge in [-0.1, -0.05) is 18.2 Å². The standard InChI is InChI=1S/C17H21NO3/c1-20-13-3-2-10-8-11(18)4-6-17-7-5-12(19)9-14(17)21-16(13)15(10)17/h2-3,5,7,11-12,14,19H,4,6,8-9,18H2,1H3/t11-,12+,14?,17?/m1/s1. The van der Waals surface area contributed by atoms with Crippen LogP contribution in [0.1, 0.15) is 30.4 Å². The fourth-order valence-corrected chi connectivity index (χ4v) is 4.18. The molecule has 1 spiro atoms. The van der Waals surface area contributed by atoms with Crippen molar-refractivity contribution in [2.24, 2.45) is 5.73 Å².